The average molecular weight is 442 g/mol. The zero-order valence-corrected chi connectivity index (χ0v) is 17.7. The van der Waals surface area contributed by atoms with E-state index in [0.717, 1.165) is 18.2 Å². The molecule has 2 amide bonds. The van der Waals surface area contributed by atoms with Gasteiger partial charge in [-0.1, -0.05) is 11.6 Å². The highest BCUT2D eigenvalue weighted by Gasteiger charge is 2.27. The van der Waals surface area contributed by atoms with Gasteiger partial charge in [-0.2, -0.15) is 0 Å². The van der Waals surface area contributed by atoms with Crippen molar-refractivity contribution < 1.29 is 22.9 Å². The molecule has 0 atom stereocenters. The van der Waals surface area contributed by atoms with Crippen molar-refractivity contribution in [1.29, 1.82) is 0 Å². The third-order valence-electron chi connectivity index (χ3n) is 3.50. The van der Waals surface area contributed by atoms with Gasteiger partial charge in [0.05, 0.1) is 4.92 Å². The van der Waals surface area contributed by atoms with Gasteiger partial charge >= 0.3 is 6.03 Å². The van der Waals surface area contributed by atoms with Crippen LogP contribution in [0.25, 0.3) is 0 Å². The van der Waals surface area contributed by atoms with Crippen LogP contribution in [0.4, 0.5) is 10.5 Å². The molecule has 0 spiro atoms. The number of benzene rings is 2. The van der Waals surface area contributed by atoms with Gasteiger partial charge in [-0.15, -0.1) is 0 Å². The molecule has 9 nitrogen and oxygen atoms in total. The van der Waals surface area contributed by atoms with Crippen molar-refractivity contribution in [2.45, 2.75) is 38.1 Å². The van der Waals surface area contributed by atoms with Crippen LogP contribution < -0.4 is 14.8 Å². The van der Waals surface area contributed by atoms with Crippen molar-refractivity contribution in [1.82, 2.24) is 10.0 Å². The Hall–Kier alpha value is -2.85. The summed E-state index contributed by atoms with van der Waals surface area (Å²) in [5.74, 6) is 0.0877. The molecule has 2 rings (SSSR count). The molecule has 0 saturated heterocycles. The fourth-order valence-electron chi connectivity index (χ4n) is 2.26. The normalized spacial score (nSPS) is 11.6. The Balaban J connectivity index is 2.46. The fourth-order valence-corrected chi connectivity index (χ4v) is 3.43. The molecule has 11 heteroatoms. The predicted octanol–water partition coefficient (Wildman–Crippen LogP) is 4.14. The lowest BCUT2D eigenvalue weighted by atomic mass is 10.1. The fraction of sp³-hybridized carbons (Fsp3) is 0.278. The van der Waals surface area contributed by atoms with Crippen LogP contribution in [0, 0.1) is 17.0 Å². The number of nitro benzene ring substituents is 1. The summed E-state index contributed by atoms with van der Waals surface area (Å²) in [6, 6.07) is 6.78. The van der Waals surface area contributed by atoms with Gasteiger partial charge in [0.25, 0.3) is 15.7 Å². The van der Waals surface area contributed by atoms with Crippen molar-refractivity contribution in [3.05, 3.63) is 57.1 Å². The maximum atomic E-state index is 12.7. The molecule has 2 N–H and O–H groups in total. The summed E-state index contributed by atoms with van der Waals surface area (Å²) in [6.45, 7) is 6.75. The van der Waals surface area contributed by atoms with Gasteiger partial charge in [-0.25, -0.2) is 17.9 Å². The van der Waals surface area contributed by atoms with Crippen LogP contribution in [0.1, 0.15) is 26.3 Å². The van der Waals surface area contributed by atoms with Crippen molar-refractivity contribution in [2.75, 3.05) is 0 Å². The summed E-state index contributed by atoms with van der Waals surface area (Å²) in [5, 5.41) is 14.0. The Morgan fingerprint density at radius 2 is 1.83 bits per heavy atom. The SMILES string of the molecule is Cc1cc(Oc2ccc([N+](=O)[O-])cc2S(=O)(=O)NC(=O)NC(C)(C)C)ccc1Cl. The van der Waals surface area contributed by atoms with Crippen LogP contribution in [0.3, 0.4) is 0 Å². The van der Waals surface area contributed by atoms with E-state index in [1.807, 2.05) is 4.72 Å². The monoisotopic (exact) mass is 441 g/mol. The Morgan fingerprint density at radius 3 is 2.38 bits per heavy atom. The molecule has 2 aromatic rings. The molecule has 0 fully saturated rings. The molecule has 0 saturated carbocycles. The third-order valence-corrected chi connectivity index (χ3v) is 5.28. The molecule has 0 aliphatic heterocycles. The number of non-ortho nitro benzene ring substituents is 1. The number of hydrogen-bond donors (Lipinski definition) is 2. The van der Waals surface area contributed by atoms with E-state index in [2.05, 4.69) is 5.32 Å². The first-order valence-corrected chi connectivity index (χ1v) is 10.2. The molecule has 0 aromatic heterocycles. The highest BCUT2D eigenvalue weighted by atomic mass is 35.5. The molecule has 2 aromatic carbocycles. The van der Waals surface area contributed by atoms with Crippen LogP contribution >= 0.6 is 11.6 Å². The molecule has 0 bridgehead atoms. The second-order valence-electron chi connectivity index (χ2n) is 7.21. The van der Waals surface area contributed by atoms with E-state index in [-0.39, 0.29) is 11.5 Å². The number of amides is 2. The van der Waals surface area contributed by atoms with E-state index in [4.69, 9.17) is 16.3 Å². The van der Waals surface area contributed by atoms with Crippen molar-refractivity contribution >= 4 is 33.3 Å². The van der Waals surface area contributed by atoms with Gasteiger partial charge in [0.2, 0.25) is 0 Å². The number of carbonyl (C=O) groups is 1. The quantitative estimate of drug-likeness (QED) is 0.530. The molecule has 0 aliphatic carbocycles. The average Bonchev–Trinajstić information content (AvgIpc) is 2.56. The number of halogens is 1. The number of aryl methyl sites for hydroxylation is 1. The number of ether oxygens (including phenoxy) is 1. The standard InChI is InChI=1S/C18H20ClN3O6S/c1-11-9-13(6-7-14(11)19)28-15-8-5-12(22(24)25)10-16(15)29(26,27)21-17(23)20-18(2,3)4/h5-10H,1-4H3,(H2,20,21,23). The molecular formula is C18H20ClN3O6S. The van der Waals surface area contributed by atoms with Gasteiger partial charge in [0.1, 0.15) is 16.4 Å². The second kappa shape index (κ2) is 8.26. The molecule has 0 radical (unpaired) electrons. The smallest absolute Gasteiger partial charge is 0.329 e. The summed E-state index contributed by atoms with van der Waals surface area (Å²) < 4.78 is 32.9. The van der Waals surface area contributed by atoms with Gasteiger partial charge in [-0.05, 0) is 57.5 Å². The Labute approximate surface area is 173 Å². The number of sulfonamides is 1. The lowest BCUT2D eigenvalue weighted by Gasteiger charge is -2.21. The van der Waals surface area contributed by atoms with Crippen LogP contribution in [-0.2, 0) is 10.0 Å². The Morgan fingerprint density at radius 1 is 1.17 bits per heavy atom. The molecule has 156 valence electrons. The minimum absolute atomic E-state index is 0.187. The predicted molar refractivity (Wildman–Crippen MR) is 108 cm³/mol. The first-order valence-electron chi connectivity index (χ1n) is 8.36. The number of nitro groups is 1. The lowest BCUT2D eigenvalue weighted by molar-refractivity contribution is -0.385. The summed E-state index contributed by atoms with van der Waals surface area (Å²) >= 11 is 5.97. The second-order valence-corrected chi connectivity index (χ2v) is 9.27. The Kier molecular flexibility index (Phi) is 6.39. The number of urea groups is 1. The molecular weight excluding hydrogens is 422 g/mol. The number of carbonyl (C=O) groups excluding carboxylic acids is 1. The number of rotatable bonds is 5. The zero-order chi connectivity index (χ0) is 22.0. The van der Waals surface area contributed by atoms with Gasteiger partial charge in [0.15, 0.2) is 0 Å². The van der Waals surface area contributed by atoms with Crippen molar-refractivity contribution in [2.24, 2.45) is 0 Å². The van der Waals surface area contributed by atoms with Gasteiger partial charge in [0, 0.05) is 22.7 Å². The van der Waals surface area contributed by atoms with E-state index >= 15 is 0 Å². The summed E-state index contributed by atoms with van der Waals surface area (Å²) in [4.78, 5) is 21.8. The molecule has 29 heavy (non-hydrogen) atoms. The summed E-state index contributed by atoms with van der Waals surface area (Å²) in [6.07, 6.45) is 0. The Bertz CT molecular complexity index is 1060. The van der Waals surface area contributed by atoms with Crippen molar-refractivity contribution in [3.8, 4) is 11.5 Å². The largest absolute Gasteiger partial charge is 0.456 e. The summed E-state index contributed by atoms with van der Waals surface area (Å²) in [7, 11) is -4.47. The van der Waals surface area contributed by atoms with Crippen LogP contribution in [0.2, 0.25) is 5.02 Å². The first-order chi connectivity index (χ1) is 13.3. The van der Waals surface area contributed by atoms with Crippen LogP contribution in [0.5, 0.6) is 11.5 Å². The topological polar surface area (TPSA) is 128 Å². The number of nitrogens with one attached hydrogen (secondary N) is 2. The van der Waals surface area contributed by atoms with E-state index in [1.165, 1.54) is 6.07 Å². The minimum Gasteiger partial charge on any atom is -0.456 e. The van der Waals surface area contributed by atoms with Crippen LogP contribution in [0.15, 0.2) is 41.3 Å². The highest BCUT2D eigenvalue weighted by Crippen LogP contribution is 2.33. The third kappa shape index (κ3) is 6.06. The van der Waals surface area contributed by atoms with Crippen LogP contribution in [-0.4, -0.2) is 24.9 Å². The molecule has 0 unspecified atom stereocenters. The highest BCUT2D eigenvalue weighted by molar-refractivity contribution is 7.90. The van der Waals surface area contributed by atoms with Gasteiger partial charge < -0.3 is 10.1 Å². The van der Waals surface area contributed by atoms with Gasteiger partial charge in [-0.3, -0.25) is 10.1 Å². The van der Waals surface area contributed by atoms with E-state index < -0.39 is 37.1 Å². The maximum absolute atomic E-state index is 12.7. The number of nitrogens with zero attached hydrogens (tertiary/aromatic N) is 1. The van der Waals surface area contributed by atoms with Crippen molar-refractivity contribution in [3.63, 3.8) is 0 Å². The maximum Gasteiger partial charge on any atom is 0.329 e. The lowest BCUT2D eigenvalue weighted by Crippen LogP contribution is -2.48. The minimum atomic E-state index is -4.47. The summed E-state index contributed by atoms with van der Waals surface area (Å²) in [5.41, 5.74) is -0.470. The van der Waals surface area contributed by atoms with E-state index in [9.17, 15) is 23.3 Å². The molecule has 0 heterocycles. The van der Waals surface area contributed by atoms with E-state index in [1.54, 1.807) is 39.8 Å². The zero-order valence-electron chi connectivity index (χ0n) is 16.1. The first kappa shape index (κ1) is 22.4. The molecule has 0 aliphatic rings. The number of hydrogen-bond acceptors (Lipinski definition) is 6. The van der Waals surface area contributed by atoms with E-state index in [0.29, 0.717) is 10.6 Å².